The fraction of sp³-hybridized carbons (Fsp3) is 0.545. The van der Waals surface area contributed by atoms with Crippen molar-refractivity contribution in [3.8, 4) is 0 Å². The van der Waals surface area contributed by atoms with Crippen LogP contribution in [0.15, 0.2) is 35.4 Å². The largest absolute Gasteiger partial charge is 0.351 e. The van der Waals surface area contributed by atoms with Gasteiger partial charge in [-0.05, 0) is 50.9 Å². The zero-order valence-corrected chi connectivity index (χ0v) is 17.3. The van der Waals surface area contributed by atoms with Crippen LogP contribution in [0.3, 0.4) is 0 Å². The molecule has 3 saturated heterocycles. The van der Waals surface area contributed by atoms with Gasteiger partial charge in [-0.2, -0.15) is 20.1 Å². The van der Waals surface area contributed by atoms with Gasteiger partial charge in [-0.25, -0.2) is 5.43 Å². The third-order valence-corrected chi connectivity index (χ3v) is 6.35. The minimum atomic E-state index is 0.423. The maximum absolute atomic E-state index is 4.69. The Labute approximate surface area is 177 Å². The fourth-order valence-electron chi connectivity index (χ4n) is 4.66. The van der Waals surface area contributed by atoms with Gasteiger partial charge in [0, 0.05) is 24.2 Å². The Balaban J connectivity index is 1.35. The van der Waals surface area contributed by atoms with Crippen molar-refractivity contribution in [2.24, 2.45) is 11.0 Å². The summed E-state index contributed by atoms with van der Waals surface area (Å²) in [5, 5.41) is 11.5. The monoisotopic (exact) mass is 406 g/mol. The zero-order chi connectivity index (χ0) is 20.2. The highest BCUT2D eigenvalue weighted by atomic mass is 15.4. The molecule has 1 saturated carbocycles. The van der Waals surface area contributed by atoms with E-state index < -0.39 is 0 Å². The van der Waals surface area contributed by atoms with Crippen LogP contribution in [0, 0.1) is 5.92 Å². The summed E-state index contributed by atoms with van der Waals surface area (Å²) in [4.78, 5) is 16.3. The van der Waals surface area contributed by atoms with Crippen molar-refractivity contribution in [2.75, 3.05) is 35.7 Å². The van der Waals surface area contributed by atoms with Crippen molar-refractivity contribution < 1.29 is 0 Å². The lowest BCUT2D eigenvalue weighted by atomic mass is 9.87. The molecule has 1 aliphatic carbocycles. The number of hydrazone groups is 1. The molecule has 3 aliphatic heterocycles. The molecule has 4 aliphatic rings. The first-order valence-electron chi connectivity index (χ1n) is 11.2. The molecule has 30 heavy (non-hydrogen) atoms. The smallest absolute Gasteiger partial charge is 0.250 e. The summed E-state index contributed by atoms with van der Waals surface area (Å²) in [6.45, 7) is 3.33. The number of hydrogen-bond acceptors (Lipinski definition) is 8. The lowest BCUT2D eigenvalue weighted by molar-refractivity contribution is 0.200. The second-order valence-corrected chi connectivity index (χ2v) is 8.54. The van der Waals surface area contributed by atoms with E-state index in [9.17, 15) is 0 Å². The van der Waals surface area contributed by atoms with Crippen LogP contribution in [-0.4, -0.2) is 51.2 Å². The van der Waals surface area contributed by atoms with Gasteiger partial charge < -0.3 is 10.6 Å². The van der Waals surface area contributed by atoms with Crippen LogP contribution < -0.4 is 16.1 Å². The Morgan fingerprint density at radius 2 is 1.57 bits per heavy atom. The molecule has 8 heteroatoms. The lowest BCUT2D eigenvalue weighted by Crippen LogP contribution is -2.48. The highest BCUT2D eigenvalue weighted by molar-refractivity contribution is 5.90. The maximum Gasteiger partial charge on any atom is 0.250 e. The SMILES string of the molecule is c1ccc(Nc2nc(NN=C3CN4CCC3CC4)nc(NC3CCCCC3)n2)cc1. The van der Waals surface area contributed by atoms with Gasteiger partial charge in [0.25, 0.3) is 0 Å². The summed E-state index contributed by atoms with van der Waals surface area (Å²) in [6.07, 6.45) is 8.56. The number of hydrogen-bond donors (Lipinski definition) is 3. The van der Waals surface area contributed by atoms with Crippen molar-refractivity contribution in [1.29, 1.82) is 0 Å². The number of nitrogens with one attached hydrogen (secondary N) is 3. The molecule has 8 nitrogen and oxygen atoms in total. The molecule has 4 fully saturated rings. The van der Waals surface area contributed by atoms with E-state index in [0.29, 0.717) is 29.8 Å². The van der Waals surface area contributed by atoms with Crippen LogP contribution in [0.25, 0.3) is 0 Å². The molecule has 1 aromatic heterocycles. The zero-order valence-electron chi connectivity index (χ0n) is 17.3. The van der Waals surface area contributed by atoms with E-state index in [4.69, 9.17) is 0 Å². The molecule has 2 bridgehead atoms. The second kappa shape index (κ2) is 8.95. The number of anilines is 4. The van der Waals surface area contributed by atoms with Gasteiger partial charge in [0.05, 0.1) is 5.71 Å². The first kappa shape index (κ1) is 19.2. The van der Waals surface area contributed by atoms with Crippen LogP contribution >= 0.6 is 0 Å². The minimum Gasteiger partial charge on any atom is -0.351 e. The predicted molar refractivity (Wildman–Crippen MR) is 120 cm³/mol. The Bertz CT molecular complexity index is 870. The van der Waals surface area contributed by atoms with E-state index >= 15 is 0 Å². The van der Waals surface area contributed by atoms with Gasteiger partial charge in [-0.3, -0.25) is 4.90 Å². The molecule has 2 aromatic rings. The van der Waals surface area contributed by atoms with Gasteiger partial charge >= 0.3 is 0 Å². The third-order valence-electron chi connectivity index (χ3n) is 6.35. The minimum absolute atomic E-state index is 0.423. The van der Waals surface area contributed by atoms with Crippen LogP contribution in [-0.2, 0) is 0 Å². The molecular weight excluding hydrogens is 376 g/mol. The van der Waals surface area contributed by atoms with Gasteiger partial charge in [-0.1, -0.05) is 37.5 Å². The molecular formula is C22H30N8. The molecule has 158 valence electrons. The van der Waals surface area contributed by atoms with Gasteiger partial charge in [-0.15, -0.1) is 0 Å². The Kier molecular flexibility index (Phi) is 5.74. The van der Waals surface area contributed by atoms with Gasteiger partial charge in [0.2, 0.25) is 17.8 Å². The molecule has 4 heterocycles. The van der Waals surface area contributed by atoms with Crippen molar-refractivity contribution >= 4 is 29.2 Å². The van der Waals surface area contributed by atoms with E-state index in [-0.39, 0.29) is 0 Å². The molecule has 3 N–H and O–H groups in total. The first-order valence-corrected chi connectivity index (χ1v) is 11.2. The number of fused-ring (bicyclic) bond motifs is 3. The van der Waals surface area contributed by atoms with Crippen molar-refractivity contribution in [3.05, 3.63) is 30.3 Å². The maximum atomic E-state index is 4.69. The van der Waals surface area contributed by atoms with Crippen LogP contribution in [0.4, 0.5) is 23.5 Å². The first-order chi connectivity index (χ1) is 14.8. The van der Waals surface area contributed by atoms with E-state index in [0.717, 1.165) is 25.1 Å². The second-order valence-electron chi connectivity index (χ2n) is 8.54. The molecule has 1 aromatic carbocycles. The van der Waals surface area contributed by atoms with Crippen LogP contribution in [0.5, 0.6) is 0 Å². The number of benzene rings is 1. The molecule has 0 radical (unpaired) electrons. The summed E-state index contributed by atoms with van der Waals surface area (Å²) in [6, 6.07) is 10.4. The highest BCUT2D eigenvalue weighted by Gasteiger charge is 2.30. The highest BCUT2D eigenvalue weighted by Crippen LogP contribution is 2.26. The quantitative estimate of drug-likeness (QED) is 0.628. The van der Waals surface area contributed by atoms with E-state index in [1.54, 1.807) is 0 Å². The average molecular weight is 407 g/mol. The van der Waals surface area contributed by atoms with Gasteiger partial charge in [0.1, 0.15) is 0 Å². The molecule has 6 rings (SSSR count). The average Bonchev–Trinajstić information content (AvgIpc) is 2.80. The lowest BCUT2D eigenvalue weighted by Gasteiger charge is -2.39. The van der Waals surface area contributed by atoms with Crippen molar-refractivity contribution in [2.45, 2.75) is 51.0 Å². The van der Waals surface area contributed by atoms with Crippen LogP contribution in [0.1, 0.15) is 44.9 Å². The number of rotatable bonds is 6. The topological polar surface area (TPSA) is 90.4 Å². The molecule has 0 atom stereocenters. The molecule has 0 unspecified atom stereocenters. The van der Waals surface area contributed by atoms with Crippen molar-refractivity contribution in [3.63, 3.8) is 0 Å². The van der Waals surface area contributed by atoms with E-state index in [1.807, 2.05) is 30.3 Å². The Hall–Kier alpha value is -2.74. The fourth-order valence-corrected chi connectivity index (χ4v) is 4.66. The predicted octanol–water partition coefficient (Wildman–Crippen LogP) is 3.85. The van der Waals surface area contributed by atoms with Crippen molar-refractivity contribution in [1.82, 2.24) is 19.9 Å². The van der Waals surface area contributed by atoms with E-state index in [2.05, 4.69) is 41.0 Å². The normalized spacial score (nSPS) is 25.3. The van der Waals surface area contributed by atoms with Gasteiger partial charge in [0.15, 0.2) is 0 Å². The summed E-state index contributed by atoms with van der Waals surface area (Å²) in [7, 11) is 0. The summed E-state index contributed by atoms with van der Waals surface area (Å²) in [5.41, 5.74) is 5.28. The summed E-state index contributed by atoms with van der Waals surface area (Å²) in [5.74, 6) is 2.19. The Morgan fingerprint density at radius 3 is 2.30 bits per heavy atom. The standard InChI is InChI=1S/C22H30N8/c1-3-7-17(8-4-1)23-20-25-21(24-18-9-5-2-6-10-18)27-22(26-20)29-28-19-15-30-13-11-16(19)12-14-30/h1,3-4,7-8,16,18H,2,5-6,9-15H2,(H3,23,24,25,26,27,29). The third kappa shape index (κ3) is 4.70. The van der Waals surface area contributed by atoms with E-state index in [1.165, 1.54) is 50.9 Å². The number of aromatic nitrogens is 3. The summed E-state index contributed by atoms with van der Waals surface area (Å²) >= 11 is 0. The summed E-state index contributed by atoms with van der Waals surface area (Å²) < 4.78 is 0. The number of para-hydroxylation sites is 1. The van der Waals surface area contributed by atoms with Crippen LogP contribution in [0.2, 0.25) is 0 Å². The molecule has 0 amide bonds. The molecule has 0 spiro atoms. The Morgan fingerprint density at radius 1 is 0.833 bits per heavy atom. The number of piperidine rings is 3. The number of nitrogens with zero attached hydrogens (tertiary/aromatic N) is 5.